The minimum absolute atomic E-state index is 0.0806. The Labute approximate surface area is 189 Å². The number of carboxylic acid groups (broad SMARTS) is 1. The maximum absolute atomic E-state index is 10.6. The quantitative estimate of drug-likeness (QED) is 0.377. The summed E-state index contributed by atoms with van der Waals surface area (Å²) < 4.78 is 11.8. The molecular weight excluding hydrogens is 410 g/mol. The number of hydrogen-bond acceptors (Lipinski definition) is 7. The number of hydrogen-bond donors (Lipinski definition) is 4. The van der Waals surface area contributed by atoms with E-state index in [9.17, 15) is 9.90 Å². The molecule has 0 aromatic heterocycles. The lowest BCUT2D eigenvalue weighted by atomic mass is 9.53. The van der Waals surface area contributed by atoms with Gasteiger partial charge in [-0.05, 0) is 57.5 Å². The Morgan fingerprint density at radius 1 is 1.38 bits per heavy atom. The van der Waals surface area contributed by atoms with E-state index in [4.69, 9.17) is 26.0 Å². The minimum Gasteiger partial charge on any atom is -0.493 e. The molecule has 0 amide bonds. The SMILES string of the molecule is COc1ccc2c3c1O[C@H]1[C@@H](O)C=C[C@H]4[C@@H](C2)N(C)CC[C@@]341.NCCCCC(N)C(=O)O. The molecule has 1 aromatic rings. The van der Waals surface area contributed by atoms with Gasteiger partial charge in [-0.3, -0.25) is 4.79 Å². The molecule has 8 nitrogen and oxygen atoms in total. The average molecular weight is 446 g/mol. The highest BCUT2D eigenvalue weighted by atomic mass is 16.5. The van der Waals surface area contributed by atoms with Crippen molar-refractivity contribution in [3.8, 4) is 11.5 Å². The molecule has 6 atom stereocenters. The number of carbonyl (C=O) groups is 1. The van der Waals surface area contributed by atoms with Crippen LogP contribution < -0.4 is 20.9 Å². The Bertz CT molecular complexity index is 891. The van der Waals surface area contributed by atoms with Crippen LogP contribution in [0.15, 0.2) is 24.3 Å². The van der Waals surface area contributed by atoms with Gasteiger partial charge < -0.3 is 36.1 Å². The lowest BCUT2D eigenvalue weighted by Crippen LogP contribution is -2.64. The first-order valence-corrected chi connectivity index (χ1v) is 11.5. The van der Waals surface area contributed by atoms with Gasteiger partial charge in [-0.15, -0.1) is 0 Å². The minimum atomic E-state index is -0.933. The van der Waals surface area contributed by atoms with Gasteiger partial charge in [-0.1, -0.05) is 24.6 Å². The second-order valence-corrected chi connectivity index (χ2v) is 9.34. The zero-order valence-electron chi connectivity index (χ0n) is 18.9. The molecule has 4 aliphatic rings. The van der Waals surface area contributed by atoms with Crippen molar-refractivity contribution < 1.29 is 24.5 Å². The fraction of sp³-hybridized carbons (Fsp3) is 0.625. The molecule has 176 valence electrons. The number of aliphatic carboxylic acids is 1. The normalized spacial score (nSPS) is 32.3. The van der Waals surface area contributed by atoms with Gasteiger partial charge in [0.05, 0.1) is 7.11 Å². The number of aliphatic hydroxyl groups is 1. The van der Waals surface area contributed by atoms with Gasteiger partial charge in [0.1, 0.15) is 18.2 Å². The predicted molar refractivity (Wildman–Crippen MR) is 121 cm³/mol. The fourth-order valence-corrected chi connectivity index (χ4v) is 6.02. The number of unbranched alkanes of at least 4 members (excludes halogenated alkanes) is 1. The number of rotatable bonds is 6. The van der Waals surface area contributed by atoms with Crippen LogP contribution in [0.3, 0.4) is 0 Å². The van der Waals surface area contributed by atoms with E-state index in [1.54, 1.807) is 7.11 Å². The molecule has 2 aliphatic heterocycles. The zero-order chi connectivity index (χ0) is 23.0. The van der Waals surface area contributed by atoms with Crippen molar-refractivity contribution in [1.82, 2.24) is 4.90 Å². The molecule has 2 bridgehead atoms. The van der Waals surface area contributed by atoms with Crippen molar-refractivity contribution in [3.63, 3.8) is 0 Å². The number of ether oxygens (including phenoxy) is 2. The third-order valence-electron chi connectivity index (χ3n) is 7.64. The number of carboxylic acids is 1. The second-order valence-electron chi connectivity index (χ2n) is 9.34. The summed E-state index contributed by atoms with van der Waals surface area (Å²) in [6, 6.07) is 3.98. The maximum Gasteiger partial charge on any atom is 0.320 e. The molecule has 8 heteroatoms. The van der Waals surface area contributed by atoms with Crippen LogP contribution in [0.4, 0.5) is 0 Å². The Morgan fingerprint density at radius 2 is 2.16 bits per heavy atom. The fourth-order valence-electron chi connectivity index (χ4n) is 6.02. The van der Waals surface area contributed by atoms with E-state index in [1.807, 2.05) is 12.1 Å². The number of methoxy groups -OCH3 is 1. The molecule has 1 spiro atoms. The van der Waals surface area contributed by atoms with Crippen LogP contribution in [0.5, 0.6) is 11.5 Å². The highest BCUT2D eigenvalue weighted by Crippen LogP contribution is 2.62. The van der Waals surface area contributed by atoms with Crippen LogP contribution in [0.25, 0.3) is 0 Å². The number of nitrogens with two attached hydrogens (primary N) is 2. The largest absolute Gasteiger partial charge is 0.493 e. The predicted octanol–water partition coefficient (Wildman–Crippen LogP) is 1.03. The van der Waals surface area contributed by atoms with Gasteiger partial charge >= 0.3 is 5.97 Å². The number of likely N-dealkylation sites (N-methyl/N-ethyl adjacent to an activating group) is 1. The number of nitrogens with zero attached hydrogens (tertiary/aromatic N) is 1. The maximum atomic E-state index is 10.6. The zero-order valence-corrected chi connectivity index (χ0v) is 18.9. The smallest absolute Gasteiger partial charge is 0.320 e. The lowest BCUT2D eigenvalue weighted by Gasteiger charge is -2.56. The van der Waals surface area contributed by atoms with E-state index in [2.05, 4.69) is 24.1 Å². The Hall–Kier alpha value is -2.13. The van der Waals surface area contributed by atoms with Crippen LogP contribution in [0.1, 0.15) is 36.8 Å². The standard InChI is InChI=1S/C18H21NO3.C6H14N2O2/c1-19-8-7-18-11-4-5-13(20)17(18)22-16-14(21-2)6-3-10(15(16)18)9-12(11)19;7-4-2-1-3-5(8)6(9)10/h3-6,11-13,17,20H,7-9H2,1-2H3;5H,1-4,7-8H2,(H,9,10)/t11-,12+,13-,17-,18-;/m0./s1. The molecule has 1 fully saturated rings. The summed E-state index contributed by atoms with van der Waals surface area (Å²) >= 11 is 0. The van der Waals surface area contributed by atoms with Crippen molar-refractivity contribution in [3.05, 3.63) is 35.4 Å². The number of aliphatic hydroxyl groups excluding tert-OH is 1. The molecule has 32 heavy (non-hydrogen) atoms. The summed E-state index contributed by atoms with van der Waals surface area (Å²) in [6.45, 7) is 1.66. The molecule has 0 radical (unpaired) electrons. The first-order valence-electron chi connectivity index (χ1n) is 11.5. The van der Waals surface area contributed by atoms with Gasteiger partial charge in [0, 0.05) is 22.9 Å². The van der Waals surface area contributed by atoms with Gasteiger partial charge in [-0.2, -0.15) is 0 Å². The molecule has 0 saturated carbocycles. The molecule has 5 rings (SSSR count). The molecule has 2 aliphatic carbocycles. The topological polar surface area (TPSA) is 131 Å². The summed E-state index contributed by atoms with van der Waals surface area (Å²) in [5, 5.41) is 18.9. The molecule has 1 unspecified atom stereocenters. The molecular formula is C24H35N3O5. The van der Waals surface area contributed by atoms with Crippen LogP contribution >= 0.6 is 0 Å². The third-order valence-corrected chi connectivity index (χ3v) is 7.64. The first kappa shape index (κ1) is 23.0. The van der Waals surface area contributed by atoms with Gasteiger partial charge in [0.2, 0.25) is 0 Å². The van der Waals surface area contributed by atoms with Crippen molar-refractivity contribution >= 4 is 5.97 Å². The Balaban J connectivity index is 0.000000211. The van der Waals surface area contributed by atoms with Crippen molar-refractivity contribution in [2.75, 3.05) is 27.2 Å². The summed E-state index contributed by atoms with van der Waals surface area (Å²) in [5.74, 6) is 1.16. The Kier molecular flexibility index (Phi) is 6.49. The highest BCUT2D eigenvalue weighted by Gasteiger charge is 2.64. The highest BCUT2D eigenvalue weighted by molar-refractivity contribution is 5.72. The van der Waals surface area contributed by atoms with Crippen LogP contribution in [0, 0.1) is 5.92 Å². The van der Waals surface area contributed by atoms with Crippen molar-refractivity contribution in [2.45, 2.75) is 61.8 Å². The summed E-state index contributed by atoms with van der Waals surface area (Å²) in [5.41, 5.74) is 13.0. The second kappa shape index (κ2) is 9.02. The van der Waals surface area contributed by atoms with Gasteiger partial charge in [-0.25, -0.2) is 0 Å². The van der Waals surface area contributed by atoms with Crippen LogP contribution in [-0.4, -0.2) is 72.6 Å². The monoisotopic (exact) mass is 445 g/mol. The van der Waals surface area contributed by atoms with Crippen LogP contribution in [0.2, 0.25) is 0 Å². The summed E-state index contributed by atoms with van der Waals surface area (Å²) in [4.78, 5) is 12.6. The van der Waals surface area contributed by atoms with Gasteiger partial charge in [0.25, 0.3) is 0 Å². The number of likely N-dealkylation sites (tertiary alicyclic amines) is 1. The third kappa shape index (κ3) is 3.59. The number of piperidine rings is 1. The van der Waals surface area contributed by atoms with E-state index in [-0.39, 0.29) is 11.5 Å². The van der Waals surface area contributed by atoms with Crippen LogP contribution in [-0.2, 0) is 16.6 Å². The number of benzene rings is 1. The lowest BCUT2D eigenvalue weighted by molar-refractivity contribution is -0.138. The Morgan fingerprint density at radius 3 is 2.84 bits per heavy atom. The van der Waals surface area contributed by atoms with E-state index in [1.165, 1.54) is 11.1 Å². The average Bonchev–Trinajstić information content (AvgIpc) is 3.13. The van der Waals surface area contributed by atoms with Crippen molar-refractivity contribution in [2.24, 2.45) is 17.4 Å². The van der Waals surface area contributed by atoms with E-state index in [0.29, 0.717) is 24.9 Å². The first-order chi connectivity index (χ1) is 15.3. The molecule has 2 heterocycles. The van der Waals surface area contributed by atoms with E-state index in [0.717, 1.165) is 43.7 Å². The summed E-state index contributed by atoms with van der Waals surface area (Å²) in [6.07, 6.45) is 7.70. The van der Waals surface area contributed by atoms with E-state index < -0.39 is 18.1 Å². The molecule has 1 aromatic carbocycles. The van der Waals surface area contributed by atoms with Crippen molar-refractivity contribution in [1.29, 1.82) is 0 Å². The molecule has 1 saturated heterocycles. The van der Waals surface area contributed by atoms with Gasteiger partial charge in [0.15, 0.2) is 11.5 Å². The van der Waals surface area contributed by atoms with E-state index >= 15 is 0 Å². The molecule has 6 N–H and O–H groups in total. The summed E-state index contributed by atoms with van der Waals surface area (Å²) in [7, 11) is 3.91.